The minimum Gasteiger partial charge on any atom is -0.494 e. The summed E-state index contributed by atoms with van der Waals surface area (Å²) in [6.07, 6.45) is 1.97. The first-order valence-electron chi connectivity index (χ1n) is 8.41. The van der Waals surface area contributed by atoms with Crippen LogP contribution in [0.25, 0.3) is 0 Å². The van der Waals surface area contributed by atoms with E-state index in [0.717, 1.165) is 18.6 Å². The van der Waals surface area contributed by atoms with Crippen LogP contribution in [0.4, 0.5) is 0 Å². The predicted molar refractivity (Wildman–Crippen MR) is 98.5 cm³/mol. The van der Waals surface area contributed by atoms with Gasteiger partial charge in [-0.25, -0.2) is 0 Å². The quantitative estimate of drug-likeness (QED) is 0.819. The van der Waals surface area contributed by atoms with Crippen molar-refractivity contribution in [2.75, 3.05) is 6.61 Å². The van der Waals surface area contributed by atoms with Crippen LogP contribution in [-0.2, 0) is 0 Å². The Kier molecular flexibility index (Phi) is 9.03. The fourth-order valence-electron chi connectivity index (χ4n) is 2.15. The van der Waals surface area contributed by atoms with Crippen LogP contribution in [0.1, 0.15) is 56.8 Å². The summed E-state index contributed by atoms with van der Waals surface area (Å²) in [5.41, 5.74) is 14.1. The van der Waals surface area contributed by atoms with Gasteiger partial charge in [-0.3, -0.25) is 0 Å². The highest BCUT2D eigenvalue weighted by atomic mass is 16.5. The van der Waals surface area contributed by atoms with E-state index in [1.54, 1.807) is 0 Å². The highest BCUT2D eigenvalue weighted by molar-refractivity contribution is 5.28. The average molecular weight is 314 g/mol. The monoisotopic (exact) mass is 314 g/mol. The van der Waals surface area contributed by atoms with Crippen LogP contribution < -0.4 is 16.2 Å². The van der Waals surface area contributed by atoms with Gasteiger partial charge >= 0.3 is 0 Å². The highest BCUT2D eigenvalue weighted by Crippen LogP contribution is 2.18. The number of benzene rings is 2. The molecule has 0 aromatic heterocycles. The standard InChI is InChI=1S/C11H17NO.C9H13N/c1-3-11(12)9-5-7-10(8-6-9)13-4-2;1-2-9(10)8-6-4-3-5-7-8/h5-8,11H,3-4,12H2,1-2H3;3-7,9H,2,10H2,1H3. The smallest absolute Gasteiger partial charge is 0.119 e. The molecule has 0 fully saturated rings. The Balaban J connectivity index is 0.000000238. The lowest BCUT2D eigenvalue weighted by atomic mass is 10.1. The third kappa shape index (κ3) is 6.85. The van der Waals surface area contributed by atoms with Crippen molar-refractivity contribution >= 4 is 0 Å². The summed E-state index contributed by atoms with van der Waals surface area (Å²) in [5.74, 6) is 0.912. The molecule has 0 saturated heterocycles. The molecule has 0 aliphatic carbocycles. The van der Waals surface area contributed by atoms with E-state index in [1.165, 1.54) is 11.1 Å². The minimum absolute atomic E-state index is 0.149. The van der Waals surface area contributed by atoms with Crippen LogP contribution >= 0.6 is 0 Å². The summed E-state index contributed by atoms with van der Waals surface area (Å²) in [5, 5.41) is 0. The van der Waals surface area contributed by atoms with Gasteiger partial charge in [-0.05, 0) is 43.0 Å². The number of hydrogen-bond acceptors (Lipinski definition) is 3. The Morgan fingerprint density at radius 2 is 1.22 bits per heavy atom. The molecular formula is C20H30N2O. The molecule has 3 heteroatoms. The van der Waals surface area contributed by atoms with Crippen LogP contribution in [0, 0.1) is 0 Å². The van der Waals surface area contributed by atoms with Crippen molar-refractivity contribution in [2.45, 2.75) is 45.7 Å². The summed E-state index contributed by atoms with van der Waals surface area (Å²) in [7, 11) is 0. The SMILES string of the molecule is CCC(N)c1ccccc1.CCOc1ccc(C(N)CC)cc1. The average Bonchev–Trinajstić information content (AvgIpc) is 2.62. The lowest BCUT2D eigenvalue weighted by Crippen LogP contribution is -2.08. The topological polar surface area (TPSA) is 61.3 Å². The van der Waals surface area contributed by atoms with Crippen molar-refractivity contribution < 1.29 is 4.74 Å². The molecule has 2 rings (SSSR count). The van der Waals surface area contributed by atoms with Gasteiger partial charge in [0, 0.05) is 12.1 Å². The summed E-state index contributed by atoms with van der Waals surface area (Å²) < 4.78 is 5.33. The van der Waals surface area contributed by atoms with E-state index < -0.39 is 0 Å². The molecule has 2 unspecified atom stereocenters. The van der Waals surface area contributed by atoms with Crippen molar-refractivity contribution in [2.24, 2.45) is 11.5 Å². The molecule has 126 valence electrons. The van der Waals surface area contributed by atoms with E-state index in [9.17, 15) is 0 Å². The Morgan fingerprint density at radius 3 is 1.65 bits per heavy atom. The van der Waals surface area contributed by atoms with Gasteiger partial charge in [-0.1, -0.05) is 56.3 Å². The molecular weight excluding hydrogens is 284 g/mol. The molecule has 0 spiro atoms. The summed E-state index contributed by atoms with van der Waals surface area (Å²) in [6, 6.07) is 18.5. The van der Waals surface area contributed by atoms with Gasteiger partial charge in [0.2, 0.25) is 0 Å². The zero-order valence-corrected chi connectivity index (χ0v) is 14.5. The Bertz CT molecular complexity index is 525. The number of nitrogens with two attached hydrogens (primary N) is 2. The molecule has 0 saturated carbocycles. The normalized spacial score (nSPS) is 12.7. The number of hydrogen-bond donors (Lipinski definition) is 2. The van der Waals surface area contributed by atoms with E-state index in [1.807, 2.05) is 49.4 Å². The third-order valence-electron chi connectivity index (χ3n) is 3.73. The van der Waals surface area contributed by atoms with Crippen LogP contribution in [0.2, 0.25) is 0 Å². The predicted octanol–water partition coefficient (Wildman–Crippen LogP) is 4.59. The maximum atomic E-state index is 5.88. The van der Waals surface area contributed by atoms with Gasteiger partial charge in [0.1, 0.15) is 5.75 Å². The second kappa shape index (κ2) is 10.8. The fraction of sp³-hybridized carbons (Fsp3) is 0.400. The van der Waals surface area contributed by atoms with E-state index in [4.69, 9.17) is 16.2 Å². The lowest BCUT2D eigenvalue weighted by Gasteiger charge is -2.09. The molecule has 0 aliphatic heterocycles. The zero-order chi connectivity index (χ0) is 17.1. The molecule has 0 heterocycles. The molecule has 23 heavy (non-hydrogen) atoms. The van der Waals surface area contributed by atoms with Crippen LogP contribution in [-0.4, -0.2) is 6.61 Å². The minimum atomic E-state index is 0.149. The zero-order valence-electron chi connectivity index (χ0n) is 14.5. The first kappa shape index (κ1) is 19.2. The molecule has 0 aliphatic rings. The van der Waals surface area contributed by atoms with Crippen LogP contribution in [0.3, 0.4) is 0 Å². The van der Waals surface area contributed by atoms with Gasteiger partial charge in [0.25, 0.3) is 0 Å². The van der Waals surface area contributed by atoms with Crippen LogP contribution in [0.5, 0.6) is 5.75 Å². The first-order valence-corrected chi connectivity index (χ1v) is 8.41. The van der Waals surface area contributed by atoms with E-state index >= 15 is 0 Å². The molecule has 2 aromatic carbocycles. The van der Waals surface area contributed by atoms with Crippen molar-refractivity contribution in [3.63, 3.8) is 0 Å². The van der Waals surface area contributed by atoms with E-state index in [2.05, 4.69) is 26.0 Å². The molecule has 0 bridgehead atoms. The van der Waals surface area contributed by atoms with Gasteiger partial charge in [0.15, 0.2) is 0 Å². The maximum absolute atomic E-state index is 5.88. The van der Waals surface area contributed by atoms with E-state index in [0.29, 0.717) is 6.61 Å². The Hall–Kier alpha value is -1.84. The van der Waals surface area contributed by atoms with Gasteiger partial charge < -0.3 is 16.2 Å². The number of rotatable bonds is 6. The second-order valence-corrected chi connectivity index (χ2v) is 5.44. The van der Waals surface area contributed by atoms with Gasteiger partial charge in [0.05, 0.1) is 6.61 Å². The fourth-order valence-corrected chi connectivity index (χ4v) is 2.15. The van der Waals surface area contributed by atoms with Crippen molar-refractivity contribution in [1.29, 1.82) is 0 Å². The van der Waals surface area contributed by atoms with Crippen molar-refractivity contribution in [3.05, 3.63) is 65.7 Å². The highest BCUT2D eigenvalue weighted by Gasteiger charge is 2.02. The molecule has 2 atom stereocenters. The second-order valence-electron chi connectivity index (χ2n) is 5.44. The van der Waals surface area contributed by atoms with Gasteiger partial charge in [-0.2, -0.15) is 0 Å². The van der Waals surface area contributed by atoms with Crippen molar-refractivity contribution in [1.82, 2.24) is 0 Å². The maximum Gasteiger partial charge on any atom is 0.119 e. The van der Waals surface area contributed by atoms with Crippen molar-refractivity contribution in [3.8, 4) is 5.75 Å². The van der Waals surface area contributed by atoms with Gasteiger partial charge in [-0.15, -0.1) is 0 Å². The summed E-state index contributed by atoms with van der Waals surface area (Å²) in [6.45, 7) is 6.86. The molecule has 0 amide bonds. The summed E-state index contributed by atoms with van der Waals surface area (Å²) >= 11 is 0. The third-order valence-corrected chi connectivity index (χ3v) is 3.73. The molecule has 2 aromatic rings. The molecule has 3 nitrogen and oxygen atoms in total. The first-order chi connectivity index (χ1) is 11.1. The molecule has 4 N–H and O–H groups in total. The Labute approximate surface area is 140 Å². The largest absolute Gasteiger partial charge is 0.494 e. The Morgan fingerprint density at radius 1 is 0.739 bits per heavy atom. The molecule has 0 radical (unpaired) electrons. The van der Waals surface area contributed by atoms with Crippen LogP contribution in [0.15, 0.2) is 54.6 Å². The lowest BCUT2D eigenvalue weighted by molar-refractivity contribution is 0.340. The number of ether oxygens (including phenoxy) is 1. The summed E-state index contributed by atoms with van der Waals surface area (Å²) in [4.78, 5) is 0. The van der Waals surface area contributed by atoms with E-state index in [-0.39, 0.29) is 12.1 Å².